The Morgan fingerprint density at radius 1 is 1.67 bits per heavy atom. The van der Waals surface area contributed by atoms with Gasteiger partial charge in [-0.2, -0.15) is 5.26 Å². The lowest BCUT2D eigenvalue weighted by molar-refractivity contribution is -0.164. The van der Waals surface area contributed by atoms with Gasteiger partial charge in [-0.05, 0) is 19.1 Å². The van der Waals surface area contributed by atoms with Crippen LogP contribution in [0.3, 0.4) is 0 Å². The summed E-state index contributed by atoms with van der Waals surface area (Å²) in [5.74, 6) is -0.803. The average molecular weight is 204 g/mol. The van der Waals surface area contributed by atoms with Gasteiger partial charge < -0.3 is 9.47 Å². The van der Waals surface area contributed by atoms with Crippen molar-refractivity contribution in [2.45, 2.75) is 25.2 Å². The number of ether oxygens (including phenoxy) is 2. The summed E-state index contributed by atoms with van der Waals surface area (Å²) in [5, 5.41) is 8.57. The molecule has 0 N–H and O–H groups in total. The Morgan fingerprint density at radius 3 is 3.20 bits per heavy atom. The molecule has 0 aromatic carbocycles. The van der Waals surface area contributed by atoms with Gasteiger partial charge in [-0.25, -0.2) is 0 Å². The van der Waals surface area contributed by atoms with Crippen LogP contribution in [0.25, 0.3) is 0 Å². The number of aromatic nitrogens is 1. The van der Waals surface area contributed by atoms with Crippen LogP contribution < -0.4 is 0 Å². The van der Waals surface area contributed by atoms with Gasteiger partial charge in [0.1, 0.15) is 0 Å². The highest BCUT2D eigenvalue weighted by molar-refractivity contribution is 5.10. The van der Waals surface area contributed by atoms with E-state index in [0.29, 0.717) is 13.0 Å². The predicted molar refractivity (Wildman–Crippen MR) is 52.6 cm³/mol. The zero-order valence-electron chi connectivity index (χ0n) is 8.51. The molecule has 0 spiro atoms. The van der Waals surface area contributed by atoms with Gasteiger partial charge in [0, 0.05) is 6.20 Å². The first-order valence-corrected chi connectivity index (χ1v) is 4.85. The maximum absolute atomic E-state index is 8.57. The van der Waals surface area contributed by atoms with Gasteiger partial charge in [0.05, 0.1) is 30.9 Å². The number of hydrogen-bond acceptors (Lipinski definition) is 4. The SMILES string of the molecule is CC1(c2ccccn2)OCC(CC#N)O1. The van der Waals surface area contributed by atoms with E-state index in [1.807, 2.05) is 25.1 Å². The van der Waals surface area contributed by atoms with E-state index in [-0.39, 0.29) is 6.10 Å². The van der Waals surface area contributed by atoms with E-state index in [9.17, 15) is 0 Å². The molecule has 0 bridgehead atoms. The van der Waals surface area contributed by atoms with Gasteiger partial charge in [-0.15, -0.1) is 0 Å². The van der Waals surface area contributed by atoms with Gasteiger partial charge in [-0.1, -0.05) is 6.07 Å². The van der Waals surface area contributed by atoms with E-state index in [4.69, 9.17) is 14.7 Å². The van der Waals surface area contributed by atoms with E-state index < -0.39 is 5.79 Å². The molecule has 2 atom stereocenters. The van der Waals surface area contributed by atoms with Gasteiger partial charge >= 0.3 is 0 Å². The molecule has 1 aromatic rings. The molecule has 0 amide bonds. The topological polar surface area (TPSA) is 55.1 Å². The van der Waals surface area contributed by atoms with Crippen molar-refractivity contribution in [3.8, 4) is 6.07 Å². The number of rotatable bonds is 2. The van der Waals surface area contributed by atoms with E-state index in [1.165, 1.54) is 0 Å². The highest BCUT2D eigenvalue weighted by atomic mass is 16.7. The minimum absolute atomic E-state index is 0.151. The molecule has 2 unspecified atom stereocenters. The fraction of sp³-hybridized carbons (Fsp3) is 0.455. The summed E-state index contributed by atoms with van der Waals surface area (Å²) >= 11 is 0. The first-order chi connectivity index (χ1) is 7.24. The third-order valence-electron chi connectivity index (χ3n) is 2.39. The molecular weight excluding hydrogens is 192 g/mol. The molecule has 1 aromatic heterocycles. The van der Waals surface area contributed by atoms with Crippen LogP contribution in [0.4, 0.5) is 0 Å². The van der Waals surface area contributed by atoms with Gasteiger partial charge in [0.25, 0.3) is 0 Å². The molecule has 4 nitrogen and oxygen atoms in total. The molecule has 2 heterocycles. The third-order valence-corrected chi connectivity index (χ3v) is 2.39. The van der Waals surface area contributed by atoms with E-state index in [1.54, 1.807) is 6.20 Å². The van der Waals surface area contributed by atoms with Gasteiger partial charge in [0.2, 0.25) is 5.79 Å². The van der Waals surface area contributed by atoms with Crippen molar-refractivity contribution in [2.24, 2.45) is 0 Å². The second-order valence-corrected chi connectivity index (χ2v) is 3.57. The molecule has 1 saturated heterocycles. The normalized spacial score (nSPS) is 30.0. The van der Waals surface area contributed by atoms with Crippen LogP contribution in [0.15, 0.2) is 24.4 Å². The average Bonchev–Trinajstić information content (AvgIpc) is 2.64. The molecular formula is C11H12N2O2. The Kier molecular flexibility index (Phi) is 2.67. The fourth-order valence-corrected chi connectivity index (χ4v) is 1.61. The molecule has 2 rings (SSSR count). The van der Waals surface area contributed by atoms with Crippen molar-refractivity contribution in [3.05, 3.63) is 30.1 Å². The Hall–Kier alpha value is -1.44. The summed E-state index contributed by atoms with van der Waals surface area (Å²) in [4.78, 5) is 4.19. The van der Waals surface area contributed by atoms with Crippen LogP contribution in [-0.2, 0) is 15.3 Å². The highest BCUT2D eigenvalue weighted by Gasteiger charge is 2.39. The van der Waals surface area contributed by atoms with Crippen molar-refractivity contribution < 1.29 is 9.47 Å². The van der Waals surface area contributed by atoms with Gasteiger partial charge in [-0.3, -0.25) is 4.98 Å². The maximum Gasteiger partial charge on any atom is 0.209 e. The minimum atomic E-state index is -0.803. The van der Waals surface area contributed by atoms with E-state index in [2.05, 4.69) is 11.1 Å². The quantitative estimate of drug-likeness (QED) is 0.734. The molecule has 1 aliphatic heterocycles. The van der Waals surface area contributed by atoms with Crippen molar-refractivity contribution in [1.82, 2.24) is 4.98 Å². The van der Waals surface area contributed by atoms with Crippen molar-refractivity contribution in [1.29, 1.82) is 5.26 Å². The standard InChI is InChI=1S/C11H12N2O2/c1-11(10-4-2-3-7-13-10)14-8-9(15-11)5-6-12/h2-4,7,9H,5,8H2,1H3. The summed E-state index contributed by atoms with van der Waals surface area (Å²) in [6.45, 7) is 2.27. The van der Waals surface area contributed by atoms with Crippen LogP contribution in [0, 0.1) is 11.3 Å². The minimum Gasteiger partial charge on any atom is -0.342 e. The molecule has 15 heavy (non-hydrogen) atoms. The maximum atomic E-state index is 8.57. The van der Waals surface area contributed by atoms with Crippen LogP contribution in [-0.4, -0.2) is 17.7 Å². The van der Waals surface area contributed by atoms with Crippen LogP contribution in [0.5, 0.6) is 0 Å². The van der Waals surface area contributed by atoms with Gasteiger partial charge in [0.15, 0.2) is 0 Å². The molecule has 1 aliphatic rings. The summed E-state index contributed by atoms with van der Waals surface area (Å²) in [7, 11) is 0. The summed E-state index contributed by atoms with van der Waals surface area (Å²) in [6.07, 6.45) is 1.90. The molecule has 0 aliphatic carbocycles. The summed E-state index contributed by atoms with van der Waals surface area (Å²) in [5.41, 5.74) is 0.741. The molecule has 78 valence electrons. The molecule has 1 fully saturated rings. The molecule has 0 saturated carbocycles. The number of hydrogen-bond donors (Lipinski definition) is 0. The zero-order chi connectivity index (χ0) is 10.7. The van der Waals surface area contributed by atoms with E-state index in [0.717, 1.165) is 5.69 Å². The lowest BCUT2D eigenvalue weighted by atomic mass is 10.2. The van der Waals surface area contributed by atoms with E-state index >= 15 is 0 Å². The number of pyridine rings is 1. The lowest BCUT2D eigenvalue weighted by Crippen LogP contribution is -2.25. The van der Waals surface area contributed by atoms with Crippen molar-refractivity contribution in [2.75, 3.05) is 6.61 Å². The lowest BCUT2D eigenvalue weighted by Gasteiger charge is -2.21. The Morgan fingerprint density at radius 2 is 2.53 bits per heavy atom. The first kappa shape index (κ1) is 10.1. The smallest absolute Gasteiger partial charge is 0.209 e. The second-order valence-electron chi connectivity index (χ2n) is 3.57. The largest absolute Gasteiger partial charge is 0.342 e. The van der Waals surface area contributed by atoms with Crippen LogP contribution in [0.1, 0.15) is 19.0 Å². The highest BCUT2D eigenvalue weighted by Crippen LogP contribution is 2.33. The van der Waals surface area contributed by atoms with Crippen molar-refractivity contribution >= 4 is 0 Å². The summed E-state index contributed by atoms with van der Waals surface area (Å²) < 4.78 is 11.2. The fourth-order valence-electron chi connectivity index (χ4n) is 1.61. The Balaban J connectivity index is 2.14. The predicted octanol–water partition coefficient (Wildman–Crippen LogP) is 1.58. The third kappa shape index (κ3) is 1.99. The Bertz CT molecular complexity index is 374. The number of nitriles is 1. The molecule has 4 heteroatoms. The van der Waals surface area contributed by atoms with Crippen molar-refractivity contribution in [3.63, 3.8) is 0 Å². The first-order valence-electron chi connectivity index (χ1n) is 4.85. The number of nitrogens with zero attached hydrogens (tertiary/aromatic N) is 2. The summed E-state index contributed by atoms with van der Waals surface area (Å²) in [6, 6.07) is 7.66. The Labute approximate surface area is 88.5 Å². The zero-order valence-corrected chi connectivity index (χ0v) is 8.51. The van der Waals surface area contributed by atoms with Crippen LogP contribution >= 0.6 is 0 Å². The second kappa shape index (κ2) is 3.97. The molecule has 0 radical (unpaired) electrons. The monoisotopic (exact) mass is 204 g/mol. The van der Waals surface area contributed by atoms with Crippen LogP contribution in [0.2, 0.25) is 0 Å².